The number of ether oxygens (including phenoxy) is 1. The fourth-order valence-electron chi connectivity index (χ4n) is 3.38. The number of anilines is 1. The largest absolute Gasteiger partial charge is 0.494 e. The number of piperidine rings is 1. The van der Waals surface area contributed by atoms with Crippen LogP contribution in [0.5, 0.6) is 5.75 Å². The van der Waals surface area contributed by atoms with Crippen LogP contribution in [0.2, 0.25) is 5.02 Å². The molecule has 0 saturated carbocycles. The van der Waals surface area contributed by atoms with Gasteiger partial charge in [0.25, 0.3) is 0 Å². The minimum absolute atomic E-state index is 0.0334. The second-order valence-electron chi connectivity index (χ2n) is 6.83. The van der Waals surface area contributed by atoms with Gasteiger partial charge in [-0.1, -0.05) is 23.7 Å². The standard InChI is InChI=1S/C21H26ClN3O2/c1-3-27-19-6-4-5-17(13-19)15(2)24-21(26)16-9-11-25(12-10-16)20-8-7-18(22)14-23-20/h4-8,13-16H,3,9-12H2,1-2H3,(H,24,26). The quantitative estimate of drug-likeness (QED) is 0.805. The molecule has 5 nitrogen and oxygen atoms in total. The third-order valence-electron chi connectivity index (χ3n) is 4.93. The lowest BCUT2D eigenvalue weighted by Gasteiger charge is -2.32. The number of nitrogens with one attached hydrogen (secondary N) is 1. The summed E-state index contributed by atoms with van der Waals surface area (Å²) in [5, 5.41) is 3.79. The maximum absolute atomic E-state index is 12.7. The molecule has 1 aliphatic heterocycles. The van der Waals surface area contributed by atoms with Crippen LogP contribution in [0.1, 0.15) is 38.3 Å². The highest BCUT2D eigenvalue weighted by Gasteiger charge is 2.26. The molecule has 1 aromatic heterocycles. The Labute approximate surface area is 165 Å². The zero-order chi connectivity index (χ0) is 19.2. The van der Waals surface area contributed by atoms with E-state index in [1.165, 1.54) is 0 Å². The Morgan fingerprint density at radius 2 is 2.11 bits per heavy atom. The summed E-state index contributed by atoms with van der Waals surface area (Å²) in [4.78, 5) is 19.3. The molecule has 2 heterocycles. The Hall–Kier alpha value is -2.27. The Morgan fingerprint density at radius 3 is 2.78 bits per heavy atom. The molecule has 1 fully saturated rings. The average Bonchev–Trinajstić information content (AvgIpc) is 2.69. The first-order valence-electron chi connectivity index (χ1n) is 9.46. The predicted octanol–water partition coefficient (Wildman–Crippen LogP) is 4.23. The third-order valence-corrected chi connectivity index (χ3v) is 5.15. The Bertz CT molecular complexity index is 758. The summed E-state index contributed by atoms with van der Waals surface area (Å²) in [6.07, 6.45) is 3.30. The predicted molar refractivity (Wildman–Crippen MR) is 108 cm³/mol. The van der Waals surface area contributed by atoms with Crippen LogP contribution in [0.15, 0.2) is 42.6 Å². The second kappa shape index (κ2) is 9.09. The lowest BCUT2D eigenvalue weighted by atomic mass is 9.95. The first kappa shape index (κ1) is 19.5. The summed E-state index contributed by atoms with van der Waals surface area (Å²) >= 11 is 5.90. The monoisotopic (exact) mass is 387 g/mol. The van der Waals surface area contributed by atoms with Gasteiger partial charge in [0, 0.05) is 25.2 Å². The SMILES string of the molecule is CCOc1cccc(C(C)NC(=O)C2CCN(c3ccc(Cl)cn3)CC2)c1. The van der Waals surface area contributed by atoms with E-state index in [0.29, 0.717) is 11.6 Å². The van der Waals surface area contributed by atoms with Crippen molar-refractivity contribution in [1.29, 1.82) is 0 Å². The number of benzene rings is 1. The van der Waals surface area contributed by atoms with E-state index < -0.39 is 0 Å². The molecule has 3 rings (SSSR count). The smallest absolute Gasteiger partial charge is 0.223 e. The highest BCUT2D eigenvalue weighted by atomic mass is 35.5. The van der Waals surface area contributed by atoms with Gasteiger partial charge in [0.15, 0.2) is 0 Å². The van der Waals surface area contributed by atoms with Crippen LogP contribution in [0.3, 0.4) is 0 Å². The van der Waals surface area contributed by atoms with Crippen LogP contribution >= 0.6 is 11.6 Å². The molecule has 2 aromatic rings. The summed E-state index contributed by atoms with van der Waals surface area (Å²) in [5.41, 5.74) is 1.05. The number of amides is 1. The van der Waals surface area contributed by atoms with Gasteiger partial charge in [-0.25, -0.2) is 4.98 Å². The number of aromatic nitrogens is 1. The van der Waals surface area contributed by atoms with Crippen molar-refractivity contribution in [1.82, 2.24) is 10.3 Å². The fraction of sp³-hybridized carbons (Fsp3) is 0.429. The van der Waals surface area contributed by atoms with Crippen molar-refractivity contribution in [3.63, 3.8) is 0 Å². The Kier molecular flexibility index (Phi) is 6.56. The van der Waals surface area contributed by atoms with Crippen LogP contribution in [-0.4, -0.2) is 30.6 Å². The van der Waals surface area contributed by atoms with Gasteiger partial charge in [-0.15, -0.1) is 0 Å². The molecule has 0 aliphatic carbocycles. The van der Waals surface area contributed by atoms with Crippen LogP contribution < -0.4 is 15.0 Å². The fourth-order valence-corrected chi connectivity index (χ4v) is 3.49. The minimum atomic E-state index is -0.0473. The number of carbonyl (C=O) groups excluding carboxylic acids is 1. The molecule has 1 atom stereocenters. The first-order valence-corrected chi connectivity index (χ1v) is 9.84. The number of halogens is 1. The summed E-state index contributed by atoms with van der Waals surface area (Å²) in [6.45, 7) is 6.24. The van der Waals surface area contributed by atoms with E-state index in [2.05, 4.69) is 15.2 Å². The van der Waals surface area contributed by atoms with Gasteiger partial charge in [0.1, 0.15) is 11.6 Å². The van der Waals surface area contributed by atoms with E-state index in [0.717, 1.165) is 43.1 Å². The molecule has 1 aliphatic rings. The lowest BCUT2D eigenvalue weighted by Crippen LogP contribution is -2.41. The van der Waals surface area contributed by atoms with Gasteiger partial charge < -0.3 is 15.0 Å². The number of nitrogens with zero attached hydrogens (tertiary/aromatic N) is 2. The molecule has 27 heavy (non-hydrogen) atoms. The molecule has 0 spiro atoms. The van der Waals surface area contributed by atoms with Crippen LogP contribution in [0, 0.1) is 5.92 Å². The topological polar surface area (TPSA) is 54.5 Å². The third kappa shape index (κ3) is 5.13. The van der Waals surface area contributed by atoms with Gasteiger partial charge >= 0.3 is 0 Å². The Morgan fingerprint density at radius 1 is 1.33 bits per heavy atom. The second-order valence-corrected chi connectivity index (χ2v) is 7.27. The molecule has 1 amide bonds. The minimum Gasteiger partial charge on any atom is -0.494 e. The van der Waals surface area contributed by atoms with Gasteiger partial charge in [-0.3, -0.25) is 4.79 Å². The van der Waals surface area contributed by atoms with Gasteiger partial charge in [-0.2, -0.15) is 0 Å². The van der Waals surface area contributed by atoms with E-state index in [1.54, 1.807) is 6.20 Å². The van der Waals surface area contributed by atoms with Crippen molar-refractivity contribution in [2.45, 2.75) is 32.7 Å². The molecule has 1 unspecified atom stereocenters. The number of pyridine rings is 1. The maximum atomic E-state index is 12.7. The van der Waals surface area contributed by atoms with E-state index in [-0.39, 0.29) is 17.9 Å². The van der Waals surface area contributed by atoms with Crippen molar-refractivity contribution < 1.29 is 9.53 Å². The lowest BCUT2D eigenvalue weighted by molar-refractivity contribution is -0.126. The molecule has 0 radical (unpaired) electrons. The Balaban J connectivity index is 1.53. The van der Waals surface area contributed by atoms with Gasteiger partial charge in [0.2, 0.25) is 5.91 Å². The molecule has 1 N–H and O–H groups in total. The molecular formula is C21H26ClN3O2. The van der Waals surface area contributed by atoms with E-state index >= 15 is 0 Å². The zero-order valence-corrected chi connectivity index (χ0v) is 16.6. The van der Waals surface area contributed by atoms with Gasteiger partial charge in [0.05, 0.1) is 17.7 Å². The van der Waals surface area contributed by atoms with Crippen molar-refractivity contribution in [3.05, 3.63) is 53.2 Å². The maximum Gasteiger partial charge on any atom is 0.223 e. The molecular weight excluding hydrogens is 362 g/mol. The molecule has 144 valence electrons. The highest BCUT2D eigenvalue weighted by molar-refractivity contribution is 6.30. The highest BCUT2D eigenvalue weighted by Crippen LogP contribution is 2.24. The van der Waals surface area contributed by atoms with Crippen molar-refractivity contribution in [2.24, 2.45) is 5.92 Å². The summed E-state index contributed by atoms with van der Waals surface area (Å²) in [7, 11) is 0. The molecule has 0 bridgehead atoms. The summed E-state index contributed by atoms with van der Waals surface area (Å²) < 4.78 is 5.55. The number of hydrogen-bond donors (Lipinski definition) is 1. The van der Waals surface area contributed by atoms with Crippen LogP contribution in [0.25, 0.3) is 0 Å². The number of carbonyl (C=O) groups is 1. The molecule has 1 saturated heterocycles. The van der Waals surface area contributed by atoms with E-state index in [1.807, 2.05) is 50.2 Å². The van der Waals surface area contributed by atoms with Crippen molar-refractivity contribution in [2.75, 3.05) is 24.6 Å². The molecule has 6 heteroatoms. The zero-order valence-electron chi connectivity index (χ0n) is 15.8. The van der Waals surface area contributed by atoms with Crippen molar-refractivity contribution >= 4 is 23.3 Å². The van der Waals surface area contributed by atoms with Crippen LogP contribution in [0.4, 0.5) is 5.82 Å². The normalized spacial score (nSPS) is 16.0. The van der Waals surface area contributed by atoms with E-state index in [4.69, 9.17) is 16.3 Å². The van der Waals surface area contributed by atoms with Crippen molar-refractivity contribution in [3.8, 4) is 5.75 Å². The van der Waals surface area contributed by atoms with Crippen LogP contribution in [-0.2, 0) is 4.79 Å². The number of rotatable bonds is 6. The van der Waals surface area contributed by atoms with Gasteiger partial charge in [-0.05, 0) is 56.5 Å². The van der Waals surface area contributed by atoms with E-state index in [9.17, 15) is 4.79 Å². The first-order chi connectivity index (χ1) is 13.1. The summed E-state index contributed by atoms with van der Waals surface area (Å²) in [5.74, 6) is 1.90. The average molecular weight is 388 g/mol. The number of hydrogen-bond acceptors (Lipinski definition) is 4. The summed E-state index contributed by atoms with van der Waals surface area (Å²) in [6, 6.07) is 11.6. The molecule has 1 aromatic carbocycles.